The summed E-state index contributed by atoms with van der Waals surface area (Å²) >= 11 is 0. The van der Waals surface area contributed by atoms with Gasteiger partial charge >= 0.3 is 6.61 Å². The van der Waals surface area contributed by atoms with Gasteiger partial charge in [-0.3, -0.25) is 4.98 Å². The fourth-order valence-corrected chi connectivity index (χ4v) is 1.49. The first-order chi connectivity index (χ1) is 8.59. The van der Waals surface area contributed by atoms with Crippen LogP contribution in [0, 0.1) is 11.6 Å². The second-order valence-electron chi connectivity index (χ2n) is 3.35. The van der Waals surface area contributed by atoms with Crippen LogP contribution in [0.2, 0.25) is 0 Å². The molecular formula is C12H7F4NO. The van der Waals surface area contributed by atoms with E-state index in [0.29, 0.717) is 0 Å². The molecule has 0 aliphatic heterocycles. The number of rotatable bonds is 3. The number of benzene rings is 1. The lowest BCUT2D eigenvalue weighted by Gasteiger charge is -2.10. The normalized spacial score (nSPS) is 10.7. The molecule has 6 heteroatoms. The number of halogens is 4. The van der Waals surface area contributed by atoms with E-state index in [4.69, 9.17) is 0 Å². The summed E-state index contributed by atoms with van der Waals surface area (Å²) in [6.45, 7) is -3.05. The highest BCUT2D eigenvalue weighted by Gasteiger charge is 2.16. The highest BCUT2D eigenvalue weighted by molar-refractivity contribution is 5.69. The zero-order valence-electron chi connectivity index (χ0n) is 8.91. The minimum Gasteiger partial charge on any atom is -0.434 e. The quantitative estimate of drug-likeness (QED) is 0.783. The zero-order valence-corrected chi connectivity index (χ0v) is 8.91. The van der Waals surface area contributed by atoms with Gasteiger partial charge in [-0.05, 0) is 12.1 Å². The molecule has 0 radical (unpaired) electrons. The number of hydrogen-bond acceptors (Lipinski definition) is 2. The van der Waals surface area contributed by atoms with Gasteiger partial charge < -0.3 is 4.74 Å². The summed E-state index contributed by atoms with van der Waals surface area (Å²) in [5.41, 5.74) is -0.214. The number of aromatic nitrogens is 1. The summed E-state index contributed by atoms with van der Waals surface area (Å²) in [5, 5.41) is 0. The molecule has 0 unspecified atom stereocenters. The molecule has 0 N–H and O–H groups in total. The van der Waals surface area contributed by atoms with Gasteiger partial charge in [0.05, 0.1) is 0 Å². The third-order valence-corrected chi connectivity index (χ3v) is 2.24. The van der Waals surface area contributed by atoms with Gasteiger partial charge in [0.1, 0.15) is 5.75 Å². The molecule has 0 spiro atoms. The van der Waals surface area contributed by atoms with E-state index in [9.17, 15) is 17.6 Å². The fourth-order valence-electron chi connectivity index (χ4n) is 1.49. The SMILES string of the molecule is Fc1cccc(-c2cnccc2OC(F)F)c1F. The third-order valence-electron chi connectivity index (χ3n) is 2.24. The number of nitrogens with zero attached hydrogens (tertiary/aromatic N) is 1. The molecular weight excluding hydrogens is 250 g/mol. The van der Waals surface area contributed by atoms with Gasteiger partial charge in [0.2, 0.25) is 0 Å². The van der Waals surface area contributed by atoms with Crippen LogP contribution >= 0.6 is 0 Å². The van der Waals surface area contributed by atoms with E-state index in [0.717, 1.165) is 18.3 Å². The molecule has 18 heavy (non-hydrogen) atoms. The Kier molecular flexibility index (Phi) is 3.45. The first-order valence-corrected chi connectivity index (χ1v) is 4.93. The summed E-state index contributed by atoms with van der Waals surface area (Å²) in [7, 11) is 0. The first-order valence-electron chi connectivity index (χ1n) is 4.93. The zero-order chi connectivity index (χ0) is 13.1. The molecule has 2 nitrogen and oxygen atoms in total. The van der Waals surface area contributed by atoms with Crippen molar-refractivity contribution < 1.29 is 22.3 Å². The predicted molar refractivity (Wildman–Crippen MR) is 56.2 cm³/mol. The third kappa shape index (κ3) is 2.42. The molecule has 0 aliphatic rings. The minimum absolute atomic E-state index is 0.0326. The Balaban J connectivity index is 2.53. The summed E-state index contributed by atoms with van der Waals surface area (Å²) in [5.74, 6) is -2.46. The summed E-state index contributed by atoms with van der Waals surface area (Å²) < 4.78 is 55.2. The van der Waals surface area contributed by atoms with Crippen molar-refractivity contribution in [3.05, 3.63) is 48.3 Å². The minimum atomic E-state index is -3.05. The number of ether oxygens (including phenoxy) is 1. The largest absolute Gasteiger partial charge is 0.434 e. The van der Waals surface area contributed by atoms with Crippen LogP contribution in [-0.2, 0) is 0 Å². The average Bonchev–Trinajstić information content (AvgIpc) is 2.33. The van der Waals surface area contributed by atoms with Crippen molar-refractivity contribution in [1.29, 1.82) is 0 Å². The van der Waals surface area contributed by atoms with Gasteiger partial charge in [-0.2, -0.15) is 8.78 Å². The summed E-state index contributed by atoms with van der Waals surface area (Å²) in [6.07, 6.45) is 2.36. The van der Waals surface area contributed by atoms with Crippen LogP contribution in [0.1, 0.15) is 0 Å². The van der Waals surface area contributed by atoms with E-state index in [1.165, 1.54) is 18.3 Å². The van der Waals surface area contributed by atoms with Gasteiger partial charge in [0.15, 0.2) is 11.6 Å². The van der Waals surface area contributed by atoms with E-state index in [-0.39, 0.29) is 16.9 Å². The average molecular weight is 257 g/mol. The Bertz CT molecular complexity index is 560. The molecule has 0 atom stereocenters. The van der Waals surface area contributed by atoms with Crippen molar-refractivity contribution >= 4 is 0 Å². The highest BCUT2D eigenvalue weighted by Crippen LogP contribution is 2.32. The van der Waals surface area contributed by atoms with E-state index in [2.05, 4.69) is 9.72 Å². The topological polar surface area (TPSA) is 22.1 Å². The van der Waals surface area contributed by atoms with Gasteiger partial charge in [-0.15, -0.1) is 0 Å². The van der Waals surface area contributed by atoms with E-state index in [1.807, 2.05) is 0 Å². The smallest absolute Gasteiger partial charge is 0.387 e. The van der Waals surface area contributed by atoms with Crippen molar-refractivity contribution in [3.8, 4) is 16.9 Å². The highest BCUT2D eigenvalue weighted by atomic mass is 19.3. The van der Waals surface area contributed by atoms with Gasteiger partial charge in [-0.25, -0.2) is 8.78 Å². The van der Waals surface area contributed by atoms with Crippen LogP contribution in [0.15, 0.2) is 36.7 Å². The van der Waals surface area contributed by atoms with Crippen molar-refractivity contribution in [2.75, 3.05) is 0 Å². The predicted octanol–water partition coefficient (Wildman–Crippen LogP) is 3.63. The van der Waals surface area contributed by atoms with Crippen LogP contribution in [0.25, 0.3) is 11.1 Å². The molecule has 0 amide bonds. The molecule has 0 saturated heterocycles. The van der Waals surface area contributed by atoms with Crippen molar-refractivity contribution in [3.63, 3.8) is 0 Å². The van der Waals surface area contributed by atoms with Crippen LogP contribution in [-0.4, -0.2) is 11.6 Å². The Morgan fingerprint density at radius 3 is 2.56 bits per heavy atom. The fraction of sp³-hybridized carbons (Fsp3) is 0.0833. The molecule has 1 heterocycles. The van der Waals surface area contributed by atoms with E-state index in [1.54, 1.807) is 0 Å². The molecule has 0 saturated carbocycles. The molecule has 2 rings (SSSR count). The summed E-state index contributed by atoms with van der Waals surface area (Å²) in [4.78, 5) is 3.69. The van der Waals surface area contributed by atoms with Crippen LogP contribution in [0.5, 0.6) is 5.75 Å². The Labute approximate surface area is 99.8 Å². The Hall–Kier alpha value is -2.11. The number of hydrogen-bond donors (Lipinski definition) is 0. The van der Waals surface area contributed by atoms with Crippen LogP contribution in [0.4, 0.5) is 17.6 Å². The first kappa shape index (κ1) is 12.3. The Morgan fingerprint density at radius 2 is 1.83 bits per heavy atom. The maximum atomic E-state index is 13.6. The second-order valence-corrected chi connectivity index (χ2v) is 3.35. The van der Waals surface area contributed by atoms with E-state index < -0.39 is 18.2 Å². The maximum Gasteiger partial charge on any atom is 0.387 e. The standard InChI is InChI=1S/C12H7F4NO/c13-9-3-1-2-7(11(9)14)8-6-17-5-4-10(8)18-12(15)16/h1-6,12H. The lowest BCUT2D eigenvalue weighted by Crippen LogP contribution is -2.04. The second kappa shape index (κ2) is 5.03. The summed E-state index contributed by atoms with van der Waals surface area (Å²) in [6, 6.07) is 4.62. The van der Waals surface area contributed by atoms with E-state index >= 15 is 0 Å². The molecule has 0 aliphatic carbocycles. The molecule has 94 valence electrons. The van der Waals surface area contributed by atoms with Gasteiger partial charge in [0, 0.05) is 23.5 Å². The van der Waals surface area contributed by atoms with Crippen LogP contribution < -0.4 is 4.74 Å². The van der Waals surface area contributed by atoms with Crippen molar-refractivity contribution in [2.45, 2.75) is 6.61 Å². The van der Waals surface area contributed by atoms with Crippen molar-refractivity contribution in [2.24, 2.45) is 0 Å². The molecule has 0 bridgehead atoms. The molecule has 1 aromatic heterocycles. The number of alkyl halides is 2. The molecule has 1 aromatic carbocycles. The molecule has 2 aromatic rings. The Morgan fingerprint density at radius 1 is 1.06 bits per heavy atom. The maximum absolute atomic E-state index is 13.6. The monoisotopic (exact) mass is 257 g/mol. The van der Waals surface area contributed by atoms with Crippen molar-refractivity contribution in [1.82, 2.24) is 4.98 Å². The molecule has 0 fully saturated rings. The van der Waals surface area contributed by atoms with Gasteiger partial charge in [0.25, 0.3) is 0 Å². The number of pyridine rings is 1. The lowest BCUT2D eigenvalue weighted by molar-refractivity contribution is -0.0495. The van der Waals surface area contributed by atoms with Gasteiger partial charge in [-0.1, -0.05) is 12.1 Å². The van der Waals surface area contributed by atoms with Crippen LogP contribution in [0.3, 0.4) is 0 Å². The lowest BCUT2D eigenvalue weighted by atomic mass is 10.1.